The van der Waals surface area contributed by atoms with E-state index < -0.39 is 0 Å². The first-order valence-corrected chi connectivity index (χ1v) is 8.39. The van der Waals surface area contributed by atoms with Gasteiger partial charge >= 0.3 is 0 Å². The zero-order chi connectivity index (χ0) is 16.2. The van der Waals surface area contributed by atoms with Crippen molar-refractivity contribution in [3.8, 4) is 11.3 Å². The number of ether oxygens (including phenoxy) is 1. The van der Waals surface area contributed by atoms with E-state index >= 15 is 0 Å². The van der Waals surface area contributed by atoms with Crippen molar-refractivity contribution in [1.29, 1.82) is 0 Å². The van der Waals surface area contributed by atoms with E-state index in [-0.39, 0.29) is 6.10 Å². The minimum atomic E-state index is 0.171. The summed E-state index contributed by atoms with van der Waals surface area (Å²) in [5.41, 5.74) is 5.75. The van der Waals surface area contributed by atoms with Gasteiger partial charge in [-0.05, 0) is 17.2 Å². The average molecular weight is 319 g/mol. The number of aromatic nitrogens is 2. The van der Waals surface area contributed by atoms with Crippen LogP contribution in [0.15, 0.2) is 60.7 Å². The van der Waals surface area contributed by atoms with E-state index in [1.807, 2.05) is 18.2 Å². The number of benzene rings is 2. The van der Waals surface area contributed by atoms with Crippen LogP contribution >= 0.6 is 0 Å². The third-order valence-electron chi connectivity index (χ3n) is 4.37. The third kappa shape index (κ3) is 3.40. The molecule has 0 bridgehead atoms. The molecular weight excluding hydrogens is 298 g/mol. The lowest BCUT2D eigenvalue weighted by atomic mass is 10.0. The van der Waals surface area contributed by atoms with Gasteiger partial charge in [-0.1, -0.05) is 54.6 Å². The van der Waals surface area contributed by atoms with Crippen molar-refractivity contribution in [2.45, 2.75) is 12.5 Å². The summed E-state index contributed by atoms with van der Waals surface area (Å²) in [6, 6.07) is 21.0. The molecule has 2 aromatic carbocycles. The molecule has 1 fully saturated rings. The quantitative estimate of drug-likeness (QED) is 0.775. The highest BCUT2D eigenvalue weighted by atomic mass is 16.5. The summed E-state index contributed by atoms with van der Waals surface area (Å²) in [5.74, 6) is 0. The van der Waals surface area contributed by atoms with Gasteiger partial charge in [0, 0.05) is 30.8 Å². The number of morpholine rings is 1. The Morgan fingerprint density at radius 2 is 1.88 bits per heavy atom. The molecule has 1 saturated heterocycles. The van der Waals surface area contributed by atoms with Crippen LogP contribution in [0.5, 0.6) is 0 Å². The summed E-state index contributed by atoms with van der Waals surface area (Å²) in [7, 11) is 0. The van der Waals surface area contributed by atoms with Crippen LogP contribution in [0.3, 0.4) is 0 Å². The summed E-state index contributed by atoms with van der Waals surface area (Å²) in [5, 5.41) is 10.9. The molecule has 24 heavy (non-hydrogen) atoms. The largest absolute Gasteiger partial charge is 0.371 e. The maximum atomic E-state index is 5.80. The number of hydrogen-bond acceptors (Lipinski definition) is 3. The number of nitrogens with zero attached hydrogens (tertiary/aromatic N) is 1. The average Bonchev–Trinajstić information content (AvgIpc) is 3.12. The monoisotopic (exact) mass is 319 g/mol. The fraction of sp³-hybridized carbons (Fsp3) is 0.250. The molecule has 4 rings (SSSR count). The van der Waals surface area contributed by atoms with E-state index in [0.717, 1.165) is 43.1 Å². The molecule has 0 radical (unpaired) electrons. The van der Waals surface area contributed by atoms with E-state index in [1.165, 1.54) is 11.1 Å². The van der Waals surface area contributed by atoms with Crippen LogP contribution in [-0.4, -0.2) is 29.9 Å². The summed E-state index contributed by atoms with van der Waals surface area (Å²) in [6.07, 6.45) is 1.02. The molecule has 4 nitrogen and oxygen atoms in total. The Kier molecular flexibility index (Phi) is 4.40. The standard InChI is InChI=1S/C20H21N3O/c1-2-4-16(5-3-1)19-13-18(22-23-19)12-15-6-8-17(9-7-15)20-14-21-10-11-24-20/h1-9,13,20-21H,10-12,14H2,(H,22,23)/t20-/m1/s1. The highest BCUT2D eigenvalue weighted by molar-refractivity contribution is 5.59. The van der Waals surface area contributed by atoms with Crippen LogP contribution in [0.2, 0.25) is 0 Å². The van der Waals surface area contributed by atoms with Crippen molar-refractivity contribution in [1.82, 2.24) is 15.5 Å². The minimum absolute atomic E-state index is 0.171. The third-order valence-corrected chi connectivity index (χ3v) is 4.37. The van der Waals surface area contributed by atoms with Gasteiger partial charge in [-0.3, -0.25) is 5.10 Å². The highest BCUT2D eigenvalue weighted by Gasteiger charge is 2.15. The number of H-pyrrole nitrogens is 1. The van der Waals surface area contributed by atoms with Crippen LogP contribution in [0, 0.1) is 0 Å². The molecule has 2 heterocycles. The maximum absolute atomic E-state index is 5.80. The molecule has 1 aliphatic rings. The smallest absolute Gasteiger partial charge is 0.0949 e. The van der Waals surface area contributed by atoms with E-state index in [2.05, 4.69) is 58.0 Å². The molecule has 0 amide bonds. The Bertz CT molecular complexity index is 774. The normalized spacial score (nSPS) is 17.8. The Labute approximate surface area is 141 Å². The summed E-state index contributed by atoms with van der Waals surface area (Å²) < 4.78 is 5.80. The first-order valence-electron chi connectivity index (χ1n) is 8.39. The molecule has 0 aliphatic carbocycles. The molecule has 2 N–H and O–H groups in total. The first kappa shape index (κ1) is 15.1. The predicted molar refractivity (Wildman–Crippen MR) is 94.8 cm³/mol. The van der Waals surface area contributed by atoms with Crippen molar-refractivity contribution in [3.63, 3.8) is 0 Å². The second-order valence-electron chi connectivity index (χ2n) is 6.13. The lowest BCUT2D eigenvalue weighted by molar-refractivity contribution is 0.0277. The van der Waals surface area contributed by atoms with Crippen LogP contribution in [0.4, 0.5) is 0 Å². The van der Waals surface area contributed by atoms with E-state index in [1.54, 1.807) is 0 Å². The Morgan fingerprint density at radius 1 is 1.04 bits per heavy atom. The molecule has 1 aromatic heterocycles. The van der Waals surface area contributed by atoms with Gasteiger partial charge in [0.05, 0.1) is 18.4 Å². The summed E-state index contributed by atoms with van der Waals surface area (Å²) in [6.45, 7) is 2.61. The van der Waals surface area contributed by atoms with Crippen LogP contribution in [0.25, 0.3) is 11.3 Å². The lowest BCUT2D eigenvalue weighted by Gasteiger charge is -2.24. The van der Waals surface area contributed by atoms with Crippen LogP contribution in [0.1, 0.15) is 22.9 Å². The van der Waals surface area contributed by atoms with Crippen LogP contribution < -0.4 is 5.32 Å². The second-order valence-corrected chi connectivity index (χ2v) is 6.13. The first-order chi connectivity index (χ1) is 11.9. The maximum Gasteiger partial charge on any atom is 0.0949 e. The van der Waals surface area contributed by atoms with Gasteiger partial charge in [0.1, 0.15) is 0 Å². The topological polar surface area (TPSA) is 49.9 Å². The predicted octanol–water partition coefficient (Wildman–Crippen LogP) is 3.33. The van der Waals surface area contributed by atoms with Crippen LogP contribution in [-0.2, 0) is 11.2 Å². The molecule has 0 unspecified atom stereocenters. The van der Waals surface area contributed by atoms with E-state index in [0.29, 0.717) is 0 Å². The van der Waals surface area contributed by atoms with E-state index in [4.69, 9.17) is 4.74 Å². The van der Waals surface area contributed by atoms with Crippen molar-refractivity contribution < 1.29 is 4.74 Å². The van der Waals surface area contributed by atoms with Gasteiger partial charge < -0.3 is 10.1 Å². The number of aromatic amines is 1. The van der Waals surface area contributed by atoms with Gasteiger partial charge in [0.25, 0.3) is 0 Å². The number of hydrogen-bond donors (Lipinski definition) is 2. The number of rotatable bonds is 4. The molecule has 4 heteroatoms. The zero-order valence-electron chi connectivity index (χ0n) is 13.5. The van der Waals surface area contributed by atoms with Gasteiger partial charge in [0.15, 0.2) is 0 Å². The second kappa shape index (κ2) is 6.99. The molecule has 1 aliphatic heterocycles. The SMILES string of the molecule is c1ccc(-c2cc(Cc3ccc([C@H]4CNCCO4)cc3)[nH]n2)cc1. The van der Waals surface area contributed by atoms with Crippen molar-refractivity contribution in [2.24, 2.45) is 0 Å². The van der Waals surface area contributed by atoms with Gasteiger partial charge in [-0.2, -0.15) is 5.10 Å². The van der Waals surface area contributed by atoms with Gasteiger partial charge in [-0.25, -0.2) is 0 Å². The van der Waals surface area contributed by atoms with Crippen molar-refractivity contribution in [2.75, 3.05) is 19.7 Å². The van der Waals surface area contributed by atoms with Crippen molar-refractivity contribution in [3.05, 3.63) is 77.5 Å². The zero-order valence-corrected chi connectivity index (χ0v) is 13.5. The summed E-state index contributed by atoms with van der Waals surface area (Å²) in [4.78, 5) is 0. The molecular formula is C20H21N3O. The van der Waals surface area contributed by atoms with Gasteiger partial charge in [-0.15, -0.1) is 0 Å². The number of nitrogens with one attached hydrogen (secondary N) is 2. The molecule has 0 saturated carbocycles. The lowest BCUT2D eigenvalue weighted by Crippen LogP contribution is -2.33. The Hall–Kier alpha value is -2.43. The Morgan fingerprint density at radius 3 is 2.62 bits per heavy atom. The minimum Gasteiger partial charge on any atom is -0.371 e. The highest BCUT2D eigenvalue weighted by Crippen LogP contribution is 2.21. The van der Waals surface area contributed by atoms with E-state index in [9.17, 15) is 0 Å². The molecule has 1 atom stereocenters. The summed E-state index contributed by atoms with van der Waals surface area (Å²) >= 11 is 0. The Balaban J connectivity index is 1.45. The molecule has 0 spiro atoms. The molecule has 3 aromatic rings. The molecule has 122 valence electrons. The fourth-order valence-corrected chi connectivity index (χ4v) is 3.06. The van der Waals surface area contributed by atoms with Crippen molar-refractivity contribution >= 4 is 0 Å². The fourth-order valence-electron chi connectivity index (χ4n) is 3.06. The van der Waals surface area contributed by atoms with Gasteiger partial charge in [0.2, 0.25) is 0 Å².